The molecule has 1 saturated heterocycles. The average Bonchev–Trinajstić information content (AvgIpc) is 1.91. The summed E-state index contributed by atoms with van der Waals surface area (Å²) in [6.07, 6.45) is 1.96. The summed E-state index contributed by atoms with van der Waals surface area (Å²) in [5.41, 5.74) is 0. The summed E-state index contributed by atoms with van der Waals surface area (Å²) >= 11 is 3.97. The van der Waals surface area contributed by atoms with Crippen molar-refractivity contribution in [3.63, 3.8) is 0 Å². The van der Waals surface area contributed by atoms with Crippen LogP contribution < -0.4 is 0 Å². The molecule has 1 rings (SSSR count). The zero-order valence-corrected chi connectivity index (χ0v) is 7.01. The third-order valence-corrected chi connectivity index (χ3v) is 3.53. The van der Waals surface area contributed by atoms with Crippen LogP contribution in [0.15, 0.2) is 12.7 Å². The lowest BCUT2D eigenvalue weighted by atomic mass is 10.6. The van der Waals surface area contributed by atoms with Gasteiger partial charge < -0.3 is 0 Å². The van der Waals surface area contributed by atoms with E-state index in [1.807, 2.05) is 29.6 Å². The molecule has 0 atom stereocenters. The molecule has 0 aromatic heterocycles. The Morgan fingerprint density at radius 1 is 1.44 bits per heavy atom. The second-order valence-corrected chi connectivity index (χ2v) is 4.20. The predicted octanol–water partition coefficient (Wildman–Crippen LogP) is 1.83. The van der Waals surface area contributed by atoms with Crippen LogP contribution in [0.4, 0.5) is 0 Å². The summed E-state index contributed by atoms with van der Waals surface area (Å²) in [5.74, 6) is 2.36. The molecular weight excluding hydrogens is 150 g/mol. The van der Waals surface area contributed by atoms with Crippen molar-refractivity contribution in [2.75, 3.05) is 23.4 Å². The van der Waals surface area contributed by atoms with Gasteiger partial charge in [-0.1, -0.05) is 6.08 Å². The minimum Gasteiger partial charge on any atom is -0.281 e. The largest absolute Gasteiger partial charge is 0.281 e. The van der Waals surface area contributed by atoms with Gasteiger partial charge >= 0.3 is 0 Å². The first-order valence-electron chi connectivity index (χ1n) is 2.92. The maximum atomic E-state index is 3.69. The highest BCUT2D eigenvalue weighted by molar-refractivity contribution is 8.16. The fourth-order valence-electron chi connectivity index (χ4n) is 0.717. The van der Waals surface area contributed by atoms with Crippen molar-refractivity contribution >= 4 is 23.5 Å². The molecule has 1 nitrogen and oxygen atoms in total. The van der Waals surface area contributed by atoms with E-state index in [1.54, 1.807) is 0 Å². The fourth-order valence-corrected chi connectivity index (χ4v) is 2.81. The van der Waals surface area contributed by atoms with Gasteiger partial charge in [-0.25, -0.2) is 0 Å². The molecule has 0 aliphatic carbocycles. The summed E-state index contributed by atoms with van der Waals surface area (Å²) in [7, 11) is 0. The molecule has 52 valence electrons. The van der Waals surface area contributed by atoms with E-state index in [1.165, 1.54) is 16.8 Å². The number of thioether (sulfide) groups is 2. The van der Waals surface area contributed by atoms with Crippen LogP contribution in [-0.4, -0.2) is 28.3 Å². The lowest BCUT2D eigenvalue weighted by Crippen LogP contribution is -2.25. The maximum Gasteiger partial charge on any atom is 0.0464 e. The SMILES string of the molecule is C=CCN1CSCSC1. The lowest BCUT2D eigenvalue weighted by Gasteiger charge is -2.23. The Balaban J connectivity index is 2.15. The first-order valence-corrected chi connectivity index (χ1v) is 5.23. The number of hydrogen-bond donors (Lipinski definition) is 0. The van der Waals surface area contributed by atoms with Crippen molar-refractivity contribution in [3.8, 4) is 0 Å². The third-order valence-electron chi connectivity index (χ3n) is 1.10. The highest BCUT2D eigenvalue weighted by Crippen LogP contribution is 2.20. The highest BCUT2D eigenvalue weighted by Gasteiger charge is 2.07. The molecule has 0 aromatic rings. The van der Waals surface area contributed by atoms with E-state index in [9.17, 15) is 0 Å². The number of rotatable bonds is 2. The first-order chi connectivity index (χ1) is 4.43. The second-order valence-electron chi connectivity index (χ2n) is 1.93. The summed E-state index contributed by atoms with van der Waals surface area (Å²) in [6.45, 7) is 4.74. The van der Waals surface area contributed by atoms with Crippen LogP contribution >= 0.6 is 23.5 Å². The van der Waals surface area contributed by atoms with Crippen LogP contribution in [-0.2, 0) is 0 Å². The Hall–Kier alpha value is 0.400. The molecule has 0 unspecified atom stereocenters. The van der Waals surface area contributed by atoms with Crippen molar-refractivity contribution in [1.82, 2.24) is 4.90 Å². The van der Waals surface area contributed by atoms with Gasteiger partial charge in [-0.05, 0) is 0 Å². The van der Waals surface area contributed by atoms with Gasteiger partial charge in [-0.3, -0.25) is 4.90 Å². The van der Waals surface area contributed by atoms with Crippen LogP contribution in [0.3, 0.4) is 0 Å². The first kappa shape index (κ1) is 7.51. The Kier molecular flexibility index (Phi) is 3.55. The van der Waals surface area contributed by atoms with Gasteiger partial charge in [0, 0.05) is 23.4 Å². The molecule has 0 N–H and O–H groups in total. The van der Waals surface area contributed by atoms with Crippen LogP contribution in [0, 0.1) is 0 Å². The molecule has 0 amide bonds. The van der Waals surface area contributed by atoms with Gasteiger partial charge in [0.25, 0.3) is 0 Å². The van der Waals surface area contributed by atoms with E-state index in [2.05, 4.69) is 11.5 Å². The summed E-state index contributed by atoms with van der Waals surface area (Å²) < 4.78 is 0. The quantitative estimate of drug-likeness (QED) is 0.569. The number of hydrogen-bond acceptors (Lipinski definition) is 3. The minimum atomic E-state index is 1.04. The molecule has 0 saturated carbocycles. The normalized spacial score (nSPS) is 21.8. The van der Waals surface area contributed by atoms with Crippen molar-refractivity contribution in [2.24, 2.45) is 0 Å². The summed E-state index contributed by atoms with van der Waals surface area (Å²) in [5, 5.41) is 1.26. The molecule has 1 fully saturated rings. The molecule has 1 aliphatic rings. The smallest absolute Gasteiger partial charge is 0.0464 e. The molecule has 0 radical (unpaired) electrons. The van der Waals surface area contributed by atoms with Gasteiger partial charge in [0.05, 0.1) is 0 Å². The van der Waals surface area contributed by atoms with E-state index in [-0.39, 0.29) is 0 Å². The summed E-state index contributed by atoms with van der Waals surface area (Å²) in [6, 6.07) is 0. The lowest BCUT2D eigenvalue weighted by molar-refractivity contribution is 0.419. The fraction of sp³-hybridized carbons (Fsp3) is 0.667. The molecule has 1 heterocycles. The van der Waals surface area contributed by atoms with Gasteiger partial charge in [0.2, 0.25) is 0 Å². The van der Waals surface area contributed by atoms with Crippen LogP contribution in [0.25, 0.3) is 0 Å². The molecule has 1 aliphatic heterocycles. The zero-order valence-electron chi connectivity index (χ0n) is 5.38. The van der Waals surface area contributed by atoms with Crippen molar-refractivity contribution in [1.29, 1.82) is 0 Å². The molecule has 0 bridgehead atoms. The summed E-state index contributed by atoms with van der Waals surface area (Å²) in [4.78, 5) is 2.38. The minimum absolute atomic E-state index is 1.04. The Labute approximate surface area is 64.9 Å². The topological polar surface area (TPSA) is 3.24 Å². The van der Waals surface area contributed by atoms with E-state index in [0.717, 1.165) is 6.54 Å². The third kappa shape index (κ3) is 2.65. The van der Waals surface area contributed by atoms with Gasteiger partial charge in [-0.15, -0.1) is 30.1 Å². The van der Waals surface area contributed by atoms with E-state index < -0.39 is 0 Å². The van der Waals surface area contributed by atoms with E-state index >= 15 is 0 Å². The molecule has 3 heteroatoms. The predicted molar refractivity (Wildman–Crippen MR) is 46.7 cm³/mol. The van der Waals surface area contributed by atoms with Crippen LogP contribution in [0.5, 0.6) is 0 Å². The van der Waals surface area contributed by atoms with Crippen LogP contribution in [0.1, 0.15) is 0 Å². The Bertz CT molecular complexity index is 89.1. The molecular formula is C6H11NS2. The van der Waals surface area contributed by atoms with E-state index in [4.69, 9.17) is 0 Å². The van der Waals surface area contributed by atoms with Crippen molar-refractivity contribution in [2.45, 2.75) is 0 Å². The highest BCUT2D eigenvalue weighted by atomic mass is 32.2. The average molecular weight is 161 g/mol. The maximum absolute atomic E-state index is 3.69. The van der Waals surface area contributed by atoms with Crippen molar-refractivity contribution < 1.29 is 0 Å². The molecule has 9 heavy (non-hydrogen) atoms. The molecule has 0 aromatic carbocycles. The second kappa shape index (κ2) is 4.25. The zero-order chi connectivity index (χ0) is 6.53. The monoisotopic (exact) mass is 161 g/mol. The van der Waals surface area contributed by atoms with E-state index in [0.29, 0.717) is 0 Å². The van der Waals surface area contributed by atoms with Crippen molar-refractivity contribution in [3.05, 3.63) is 12.7 Å². The van der Waals surface area contributed by atoms with Crippen LogP contribution in [0.2, 0.25) is 0 Å². The molecule has 0 spiro atoms. The Morgan fingerprint density at radius 2 is 2.11 bits per heavy atom. The Morgan fingerprint density at radius 3 is 2.67 bits per heavy atom. The van der Waals surface area contributed by atoms with Gasteiger partial charge in [0.15, 0.2) is 0 Å². The van der Waals surface area contributed by atoms with Gasteiger partial charge in [0.1, 0.15) is 0 Å². The van der Waals surface area contributed by atoms with Gasteiger partial charge in [-0.2, -0.15) is 0 Å². The number of nitrogens with zero attached hydrogens (tertiary/aromatic N) is 1. The standard InChI is InChI=1S/C6H11NS2/c1-2-3-7-4-8-6-9-5-7/h2H,1,3-6H2.